The largest absolute Gasteiger partial charge is 0.494 e. The molecule has 1 aromatic heterocycles. The number of aromatic nitrogens is 2. The van der Waals surface area contributed by atoms with Crippen LogP contribution in [0.15, 0.2) is 83.8 Å². The number of fused-ring (bicyclic) bond motifs is 1. The number of benzene rings is 3. The SMILES string of the molecule is CN(Cc1nc2ccccc2n1CCCOc1ccc(Cl)cc1)S(=O)(=O)c1ccccc1. The van der Waals surface area contributed by atoms with Crippen LogP contribution in [-0.4, -0.2) is 35.9 Å². The van der Waals surface area contributed by atoms with Gasteiger partial charge in [-0.2, -0.15) is 4.31 Å². The molecule has 1 heterocycles. The first kappa shape index (κ1) is 22.3. The Morgan fingerprint density at radius 3 is 2.41 bits per heavy atom. The predicted molar refractivity (Wildman–Crippen MR) is 126 cm³/mol. The Morgan fingerprint density at radius 2 is 1.66 bits per heavy atom. The fourth-order valence-electron chi connectivity index (χ4n) is 3.50. The maximum Gasteiger partial charge on any atom is 0.243 e. The molecule has 0 bridgehead atoms. The minimum Gasteiger partial charge on any atom is -0.494 e. The maximum atomic E-state index is 13.0. The minimum atomic E-state index is -3.61. The molecule has 4 aromatic rings. The lowest BCUT2D eigenvalue weighted by Gasteiger charge is -2.18. The maximum absolute atomic E-state index is 13.0. The van der Waals surface area contributed by atoms with Gasteiger partial charge in [-0.05, 0) is 55.0 Å². The number of halogens is 1. The Bertz CT molecular complexity index is 1290. The van der Waals surface area contributed by atoms with E-state index >= 15 is 0 Å². The normalized spacial score (nSPS) is 11.8. The number of aryl methyl sites for hydroxylation is 1. The van der Waals surface area contributed by atoms with Crippen molar-refractivity contribution in [3.05, 3.63) is 89.7 Å². The van der Waals surface area contributed by atoms with Gasteiger partial charge in [-0.1, -0.05) is 41.9 Å². The fraction of sp³-hybridized carbons (Fsp3) is 0.208. The molecule has 4 rings (SSSR count). The van der Waals surface area contributed by atoms with Crippen LogP contribution in [0.3, 0.4) is 0 Å². The van der Waals surface area contributed by atoms with E-state index in [1.807, 2.05) is 36.4 Å². The lowest BCUT2D eigenvalue weighted by Crippen LogP contribution is -2.28. The van der Waals surface area contributed by atoms with Crippen LogP contribution >= 0.6 is 11.6 Å². The highest BCUT2D eigenvalue weighted by molar-refractivity contribution is 7.89. The third kappa shape index (κ3) is 4.96. The van der Waals surface area contributed by atoms with Crippen molar-refractivity contribution in [2.45, 2.75) is 24.4 Å². The summed E-state index contributed by atoms with van der Waals surface area (Å²) in [6.45, 7) is 1.35. The van der Waals surface area contributed by atoms with E-state index in [4.69, 9.17) is 21.3 Å². The van der Waals surface area contributed by atoms with Crippen LogP contribution in [0.1, 0.15) is 12.2 Å². The highest BCUT2D eigenvalue weighted by Gasteiger charge is 2.23. The van der Waals surface area contributed by atoms with Crippen molar-refractivity contribution in [2.75, 3.05) is 13.7 Å². The summed E-state index contributed by atoms with van der Waals surface area (Å²) in [7, 11) is -2.03. The molecule has 0 amide bonds. The van der Waals surface area contributed by atoms with Gasteiger partial charge < -0.3 is 9.30 Å². The molecule has 0 atom stereocenters. The Balaban J connectivity index is 1.50. The average molecular weight is 470 g/mol. The summed E-state index contributed by atoms with van der Waals surface area (Å²) in [5.74, 6) is 1.46. The average Bonchev–Trinajstić information content (AvgIpc) is 3.15. The summed E-state index contributed by atoms with van der Waals surface area (Å²) in [6, 6.07) is 23.5. The van der Waals surface area contributed by atoms with Crippen LogP contribution in [0, 0.1) is 0 Å². The van der Waals surface area contributed by atoms with Gasteiger partial charge in [0.25, 0.3) is 0 Å². The molecular formula is C24H24ClN3O3S. The zero-order valence-electron chi connectivity index (χ0n) is 17.7. The second kappa shape index (κ2) is 9.73. The molecule has 0 fully saturated rings. The number of para-hydroxylation sites is 2. The monoisotopic (exact) mass is 469 g/mol. The third-order valence-corrected chi connectivity index (χ3v) is 7.23. The van der Waals surface area contributed by atoms with Crippen molar-refractivity contribution < 1.29 is 13.2 Å². The zero-order valence-corrected chi connectivity index (χ0v) is 19.3. The van der Waals surface area contributed by atoms with E-state index in [0.29, 0.717) is 24.0 Å². The van der Waals surface area contributed by atoms with Gasteiger partial charge in [-0.3, -0.25) is 0 Å². The molecular weight excluding hydrogens is 446 g/mol. The number of hydrogen-bond acceptors (Lipinski definition) is 4. The molecule has 0 saturated heterocycles. The van der Waals surface area contributed by atoms with Gasteiger partial charge >= 0.3 is 0 Å². The number of imidazole rings is 1. The summed E-state index contributed by atoms with van der Waals surface area (Å²) in [6.07, 6.45) is 0.741. The van der Waals surface area contributed by atoms with Gasteiger partial charge in [-0.15, -0.1) is 0 Å². The second-order valence-corrected chi connectivity index (χ2v) is 9.88. The first-order valence-corrected chi connectivity index (χ1v) is 12.1. The molecule has 0 aliphatic heterocycles. The number of hydrogen-bond donors (Lipinski definition) is 0. The Morgan fingerprint density at radius 1 is 0.969 bits per heavy atom. The van der Waals surface area contributed by atoms with Crippen molar-refractivity contribution >= 4 is 32.7 Å². The molecule has 8 heteroatoms. The molecule has 0 aliphatic rings. The van der Waals surface area contributed by atoms with Crippen molar-refractivity contribution in [1.29, 1.82) is 0 Å². The molecule has 0 spiro atoms. The van der Waals surface area contributed by atoms with Gasteiger partial charge in [-0.25, -0.2) is 13.4 Å². The van der Waals surface area contributed by atoms with Gasteiger partial charge in [0.2, 0.25) is 10.0 Å². The van der Waals surface area contributed by atoms with Gasteiger partial charge in [0.1, 0.15) is 11.6 Å². The Labute approximate surface area is 193 Å². The van der Waals surface area contributed by atoms with Crippen LogP contribution in [-0.2, 0) is 23.1 Å². The van der Waals surface area contributed by atoms with Crippen molar-refractivity contribution in [3.63, 3.8) is 0 Å². The molecule has 0 unspecified atom stereocenters. The molecule has 0 N–H and O–H groups in total. The number of nitrogens with zero attached hydrogens (tertiary/aromatic N) is 3. The van der Waals surface area contributed by atoms with E-state index in [1.54, 1.807) is 49.5 Å². The topological polar surface area (TPSA) is 64.4 Å². The van der Waals surface area contributed by atoms with Crippen molar-refractivity contribution in [3.8, 4) is 5.75 Å². The van der Waals surface area contributed by atoms with Gasteiger partial charge in [0, 0.05) is 18.6 Å². The van der Waals surface area contributed by atoms with Crippen LogP contribution < -0.4 is 4.74 Å². The summed E-state index contributed by atoms with van der Waals surface area (Å²) in [4.78, 5) is 4.97. The van der Waals surface area contributed by atoms with Crippen molar-refractivity contribution in [2.24, 2.45) is 0 Å². The first-order valence-electron chi connectivity index (χ1n) is 10.3. The van der Waals surface area contributed by atoms with Crippen LogP contribution in [0.5, 0.6) is 5.75 Å². The highest BCUT2D eigenvalue weighted by atomic mass is 35.5. The predicted octanol–water partition coefficient (Wildman–Crippen LogP) is 4.98. The lowest BCUT2D eigenvalue weighted by molar-refractivity contribution is 0.301. The summed E-state index contributed by atoms with van der Waals surface area (Å²) in [5.41, 5.74) is 1.81. The molecule has 0 saturated carbocycles. The zero-order chi connectivity index (χ0) is 22.6. The summed E-state index contributed by atoms with van der Waals surface area (Å²) in [5, 5.41) is 0.668. The second-order valence-electron chi connectivity index (χ2n) is 7.40. The molecule has 6 nitrogen and oxygen atoms in total. The van der Waals surface area contributed by atoms with Crippen LogP contribution in [0.4, 0.5) is 0 Å². The van der Waals surface area contributed by atoms with E-state index in [1.165, 1.54) is 4.31 Å². The van der Waals surface area contributed by atoms with Gasteiger partial charge in [0.15, 0.2) is 0 Å². The van der Waals surface area contributed by atoms with Gasteiger partial charge in [0.05, 0.1) is 29.1 Å². The smallest absolute Gasteiger partial charge is 0.243 e. The highest BCUT2D eigenvalue weighted by Crippen LogP contribution is 2.21. The Kier molecular flexibility index (Phi) is 6.79. The molecule has 32 heavy (non-hydrogen) atoms. The first-order chi connectivity index (χ1) is 15.4. The molecule has 166 valence electrons. The van der Waals surface area contributed by atoms with E-state index in [2.05, 4.69) is 4.57 Å². The fourth-order valence-corrected chi connectivity index (χ4v) is 4.77. The third-order valence-electron chi connectivity index (χ3n) is 5.16. The Hall–Kier alpha value is -2.87. The standard InChI is InChI=1S/C24H24ClN3O3S/c1-27(32(29,30)21-8-3-2-4-9-21)18-24-26-22-10-5-6-11-23(22)28(24)16-7-17-31-20-14-12-19(25)13-15-20/h2-6,8-15H,7,16-18H2,1H3. The number of ether oxygens (including phenoxy) is 1. The van der Waals surface area contributed by atoms with E-state index in [9.17, 15) is 8.42 Å². The molecule has 0 radical (unpaired) electrons. The summed E-state index contributed by atoms with van der Waals surface area (Å²) < 4.78 is 35.1. The van der Waals surface area contributed by atoms with E-state index < -0.39 is 10.0 Å². The van der Waals surface area contributed by atoms with Crippen molar-refractivity contribution in [1.82, 2.24) is 13.9 Å². The van der Waals surface area contributed by atoms with E-state index in [-0.39, 0.29) is 11.4 Å². The summed E-state index contributed by atoms with van der Waals surface area (Å²) >= 11 is 5.91. The van der Waals surface area contributed by atoms with Crippen LogP contribution in [0.25, 0.3) is 11.0 Å². The molecule has 3 aromatic carbocycles. The van der Waals surface area contributed by atoms with Crippen LogP contribution in [0.2, 0.25) is 5.02 Å². The number of sulfonamides is 1. The lowest BCUT2D eigenvalue weighted by atomic mass is 10.3. The quantitative estimate of drug-likeness (QED) is 0.324. The molecule has 0 aliphatic carbocycles. The number of rotatable bonds is 9. The van der Waals surface area contributed by atoms with E-state index in [0.717, 1.165) is 23.2 Å². The minimum absolute atomic E-state index is 0.171.